The average molecular weight is 299 g/mol. The van der Waals surface area contributed by atoms with Crippen LogP contribution in [-0.2, 0) is 8.53 Å². The molecule has 0 aliphatic heterocycles. The predicted molar refractivity (Wildman–Crippen MR) is 49.6 cm³/mol. The van der Waals surface area contributed by atoms with Gasteiger partial charge in [-0.1, -0.05) is 0 Å². The minimum Gasteiger partial charge on any atom is -0.494 e. The Hall–Kier alpha value is -0.960. The molecule has 1 aromatic rings. The van der Waals surface area contributed by atoms with Crippen molar-refractivity contribution >= 4 is 28.6 Å². The van der Waals surface area contributed by atoms with Crippen molar-refractivity contribution in [1.82, 2.24) is 4.57 Å². The summed E-state index contributed by atoms with van der Waals surface area (Å²) in [5.41, 5.74) is 0. The normalized spacial score (nSPS) is 15.2. The summed E-state index contributed by atoms with van der Waals surface area (Å²) < 4.78 is -1.91. The van der Waals surface area contributed by atoms with Gasteiger partial charge in [-0.05, 0) is 22.6 Å². The monoisotopic (exact) mass is 299 g/mol. The van der Waals surface area contributed by atoms with E-state index in [1.54, 1.807) is 0 Å². The van der Waals surface area contributed by atoms with E-state index in [1.165, 1.54) is 22.6 Å². The SMILES string of the molecule is O=C(O)C(O)(I)n1c(O)ccc1O. The zero-order valence-electron chi connectivity index (χ0n) is 6.18. The molecule has 4 N–H and O–H groups in total. The van der Waals surface area contributed by atoms with Crippen molar-refractivity contribution in [2.45, 2.75) is 3.73 Å². The molecule has 1 unspecified atom stereocenters. The minimum absolute atomic E-state index is 0.482. The van der Waals surface area contributed by atoms with Crippen molar-refractivity contribution in [3.8, 4) is 11.8 Å². The number of aromatic nitrogens is 1. The van der Waals surface area contributed by atoms with Crippen molar-refractivity contribution in [3.63, 3.8) is 0 Å². The van der Waals surface area contributed by atoms with E-state index < -0.39 is 21.5 Å². The van der Waals surface area contributed by atoms with Crippen LogP contribution in [0, 0.1) is 0 Å². The molecule has 0 radical (unpaired) electrons. The Morgan fingerprint density at radius 3 is 2.08 bits per heavy atom. The number of halogens is 1. The lowest BCUT2D eigenvalue weighted by Gasteiger charge is -2.19. The molecule has 0 aliphatic carbocycles. The van der Waals surface area contributed by atoms with Gasteiger partial charge in [-0.15, -0.1) is 0 Å². The Bertz CT molecular complexity index is 325. The smallest absolute Gasteiger partial charge is 0.368 e. The summed E-state index contributed by atoms with van der Waals surface area (Å²) in [5.74, 6) is -2.65. The second-order valence-electron chi connectivity index (χ2n) is 2.28. The fourth-order valence-corrected chi connectivity index (χ4v) is 1.31. The number of rotatable bonds is 2. The topological polar surface area (TPSA) is 103 Å². The maximum atomic E-state index is 10.5. The molecule has 1 rings (SSSR count). The molecule has 1 heterocycles. The predicted octanol–water partition coefficient (Wildman–Crippen LogP) is 0.0215. The molecule has 0 saturated heterocycles. The number of nitrogens with zero attached hydrogens (tertiary/aromatic N) is 1. The number of aliphatic carboxylic acids is 1. The molecule has 0 fully saturated rings. The van der Waals surface area contributed by atoms with Crippen molar-refractivity contribution in [3.05, 3.63) is 12.1 Å². The molecular formula is C6H6INO5. The quantitative estimate of drug-likeness (QED) is 0.455. The van der Waals surface area contributed by atoms with E-state index in [1.807, 2.05) is 0 Å². The van der Waals surface area contributed by atoms with Crippen molar-refractivity contribution in [1.29, 1.82) is 0 Å². The van der Waals surface area contributed by atoms with Crippen LogP contribution in [-0.4, -0.2) is 31.0 Å². The Balaban J connectivity index is 3.28. The van der Waals surface area contributed by atoms with Crippen LogP contribution in [0.5, 0.6) is 11.8 Å². The molecular weight excluding hydrogens is 293 g/mol. The molecule has 0 spiro atoms. The van der Waals surface area contributed by atoms with Crippen LogP contribution in [0.15, 0.2) is 12.1 Å². The first-order chi connectivity index (χ1) is 5.87. The summed E-state index contributed by atoms with van der Waals surface area (Å²) in [6.07, 6.45) is 0. The van der Waals surface area contributed by atoms with Gasteiger partial charge >= 0.3 is 5.97 Å². The first-order valence-corrected chi connectivity index (χ1v) is 4.20. The van der Waals surface area contributed by atoms with Crippen molar-refractivity contribution < 1.29 is 25.2 Å². The third-order valence-electron chi connectivity index (χ3n) is 1.41. The Morgan fingerprint density at radius 1 is 1.38 bits per heavy atom. The summed E-state index contributed by atoms with van der Waals surface area (Å²) in [4.78, 5) is 10.5. The highest BCUT2D eigenvalue weighted by Gasteiger charge is 2.38. The van der Waals surface area contributed by atoms with E-state index >= 15 is 0 Å². The average Bonchev–Trinajstić information content (AvgIpc) is 2.30. The standard InChI is InChI=1S/C6H6INO5/c7-6(13,5(11)12)8-3(9)1-2-4(8)10/h1-2,9-10,13H,(H,11,12). The van der Waals surface area contributed by atoms with E-state index in [0.717, 1.165) is 12.1 Å². The molecule has 0 saturated carbocycles. The summed E-state index contributed by atoms with van der Waals surface area (Å²) in [5, 5.41) is 36.1. The molecule has 0 bridgehead atoms. The number of aromatic hydroxyl groups is 2. The van der Waals surface area contributed by atoms with Crippen LogP contribution in [0.3, 0.4) is 0 Å². The number of alkyl halides is 1. The minimum atomic E-state index is -2.39. The van der Waals surface area contributed by atoms with Gasteiger partial charge in [0, 0.05) is 12.1 Å². The van der Waals surface area contributed by atoms with Crippen molar-refractivity contribution in [2.24, 2.45) is 0 Å². The van der Waals surface area contributed by atoms with E-state index in [-0.39, 0.29) is 0 Å². The highest BCUT2D eigenvalue weighted by Crippen LogP contribution is 2.33. The molecule has 7 heteroatoms. The lowest BCUT2D eigenvalue weighted by molar-refractivity contribution is -0.154. The molecule has 1 aromatic heterocycles. The Morgan fingerprint density at radius 2 is 1.77 bits per heavy atom. The van der Waals surface area contributed by atoms with E-state index in [0.29, 0.717) is 4.57 Å². The van der Waals surface area contributed by atoms with E-state index in [9.17, 15) is 9.90 Å². The molecule has 0 aromatic carbocycles. The molecule has 72 valence electrons. The maximum absolute atomic E-state index is 10.5. The molecule has 13 heavy (non-hydrogen) atoms. The lowest BCUT2D eigenvalue weighted by atomic mass is 10.5. The highest BCUT2D eigenvalue weighted by atomic mass is 127. The molecule has 1 atom stereocenters. The summed E-state index contributed by atoms with van der Waals surface area (Å²) >= 11 is 1.18. The van der Waals surface area contributed by atoms with Crippen molar-refractivity contribution in [2.75, 3.05) is 0 Å². The zero-order valence-corrected chi connectivity index (χ0v) is 8.33. The third kappa shape index (κ3) is 1.56. The summed E-state index contributed by atoms with van der Waals surface area (Å²) in [7, 11) is 0. The fraction of sp³-hybridized carbons (Fsp3) is 0.167. The molecule has 6 nitrogen and oxygen atoms in total. The van der Waals surface area contributed by atoms with Gasteiger partial charge in [0.25, 0.3) is 3.73 Å². The van der Waals surface area contributed by atoms with Gasteiger partial charge in [0.1, 0.15) is 0 Å². The second-order valence-corrected chi connectivity index (χ2v) is 3.78. The van der Waals surface area contributed by atoms with Gasteiger partial charge in [-0.25, -0.2) is 9.36 Å². The van der Waals surface area contributed by atoms with Crippen LogP contribution < -0.4 is 0 Å². The van der Waals surface area contributed by atoms with Gasteiger partial charge in [-0.3, -0.25) is 0 Å². The van der Waals surface area contributed by atoms with Crippen LogP contribution in [0.25, 0.3) is 0 Å². The molecule has 0 amide bonds. The van der Waals surface area contributed by atoms with Gasteiger partial charge in [0.05, 0.1) is 0 Å². The van der Waals surface area contributed by atoms with E-state index in [4.69, 9.17) is 15.3 Å². The summed E-state index contributed by atoms with van der Waals surface area (Å²) in [6.45, 7) is 0. The Kier molecular flexibility index (Phi) is 2.39. The number of hydrogen-bond acceptors (Lipinski definition) is 4. The van der Waals surface area contributed by atoms with Gasteiger partial charge in [-0.2, -0.15) is 0 Å². The number of carboxylic acids is 1. The van der Waals surface area contributed by atoms with Crippen LogP contribution in [0.4, 0.5) is 0 Å². The maximum Gasteiger partial charge on any atom is 0.368 e. The number of hydrogen-bond donors (Lipinski definition) is 4. The zero-order chi connectivity index (χ0) is 10.2. The van der Waals surface area contributed by atoms with Crippen LogP contribution >= 0.6 is 22.6 Å². The van der Waals surface area contributed by atoms with Crippen LogP contribution in [0.1, 0.15) is 0 Å². The van der Waals surface area contributed by atoms with Gasteiger partial charge in [0.2, 0.25) is 0 Å². The Labute approximate surface area is 86.2 Å². The first kappa shape index (κ1) is 10.1. The highest BCUT2D eigenvalue weighted by molar-refractivity contribution is 14.1. The summed E-state index contributed by atoms with van der Waals surface area (Å²) in [6, 6.07) is 2.14. The molecule has 0 aliphatic rings. The number of aliphatic hydroxyl groups is 1. The van der Waals surface area contributed by atoms with Crippen LogP contribution in [0.2, 0.25) is 0 Å². The second kappa shape index (κ2) is 3.07. The number of carbonyl (C=O) groups is 1. The number of carboxylic acid groups (broad SMARTS) is 1. The third-order valence-corrected chi connectivity index (χ3v) is 2.35. The first-order valence-electron chi connectivity index (χ1n) is 3.12. The van der Waals surface area contributed by atoms with Gasteiger partial charge < -0.3 is 20.4 Å². The van der Waals surface area contributed by atoms with Gasteiger partial charge in [0.15, 0.2) is 11.8 Å². The van der Waals surface area contributed by atoms with E-state index in [2.05, 4.69) is 0 Å². The lowest BCUT2D eigenvalue weighted by Crippen LogP contribution is -2.34. The largest absolute Gasteiger partial charge is 0.494 e. The fourth-order valence-electron chi connectivity index (χ4n) is 0.815.